The summed E-state index contributed by atoms with van der Waals surface area (Å²) in [5.41, 5.74) is 5.38. The second-order valence-electron chi connectivity index (χ2n) is 17.7. The van der Waals surface area contributed by atoms with Crippen LogP contribution in [0, 0.1) is 0 Å². The molecule has 63 heavy (non-hydrogen) atoms. The van der Waals surface area contributed by atoms with Gasteiger partial charge in [0.25, 0.3) is 0 Å². The molecule has 0 heterocycles. The van der Waals surface area contributed by atoms with Crippen molar-refractivity contribution in [3.63, 3.8) is 0 Å². The van der Waals surface area contributed by atoms with Crippen molar-refractivity contribution < 1.29 is 42.7 Å². The second-order valence-corrected chi connectivity index (χ2v) is 19.1. The number of rotatable bonds is 50. The van der Waals surface area contributed by atoms with Crippen LogP contribution in [-0.4, -0.2) is 60.5 Å². The van der Waals surface area contributed by atoms with Crippen LogP contribution in [0.5, 0.6) is 0 Å². The van der Waals surface area contributed by atoms with Gasteiger partial charge in [-0.05, 0) is 51.4 Å². The van der Waals surface area contributed by atoms with Gasteiger partial charge in [0.15, 0.2) is 0 Å². The fraction of sp³-hybridized carbons (Fsp3) is 0.846. The van der Waals surface area contributed by atoms with Crippen molar-refractivity contribution >= 4 is 19.8 Å². The van der Waals surface area contributed by atoms with Gasteiger partial charge in [-0.25, -0.2) is 4.57 Å². The molecule has 0 aromatic rings. The van der Waals surface area contributed by atoms with E-state index in [0.717, 1.165) is 70.6 Å². The highest BCUT2D eigenvalue weighted by Gasteiger charge is 2.27. The molecule has 0 aliphatic heterocycles. The summed E-state index contributed by atoms with van der Waals surface area (Å²) in [6, 6.07) is -1.48. The highest BCUT2D eigenvalue weighted by atomic mass is 31.2. The lowest BCUT2D eigenvalue weighted by Gasteiger charge is -2.20. The van der Waals surface area contributed by atoms with Gasteiger partial charge in [0.2, 0.25) is 0 Å². The maximum absolute atomic E-state index is 12.7. The Morgan fingerprint density at radius 1 is 0.508 bits per heavy atom. The van der Waals surface area contributed by atoms with Crippen molar-refractivity contribution in [3.05, 3.63) is 36.5 Å². The molecular formula is C52H98NO9P. The van der Waals surface area contributed by atoms with Gasteiger partial charge in [-0.3, -0.25) is 18.6 Å². The van der Waals surface area contributed by atoms with E-state index in [1.807, 2.05) is 0 Å². The van der Waals surface area contributed by atoms with E-state index in [1.54, 1.807) is 0 Å². The minimum atomic E-state index is -4.62. The quantitative estimate of drug-likeness (QED) is 0.0232. The number of esters is 1. The Morgan fingerprint density at radius 2 is 0.873 bits per heavy atom. The number of ether oxygens (including phenoxy) is 2. The Balaban J connectivity index is 4.15. The standard InChI is InChI=1S/C52H98NO9P/c1-3-5-7-9-11-13-15-17-19-21-23-25-26-28-30-32-34-36-38-40-42-44-51(54)62-49(47-60-63(57,58)61-48-50(53)52(55)56)46-59-45-43-41-39-37-35-33-31-29-27-24-22-20-18-16-14-12-10-8-6-4-2/h15,17,21,23,26,28,49-50H,3-14,16,18-20,22,24-25,27,29-48,53H2,1-2H3,(H,55,56)(H,57,58)/b17-15-,23-21-,28-26-. The zero-order chi connectivity index (χ0) is 46.2. The van der Waals surface area contributed by atoms with Gasteiger partial charge in [-0.15, -0.1) is 0 Å². The van der Waals surface area contributed by atoms with Crippen molar-refractivity contribution in [2.75, 3.05) is 26.4 Å². The molecule has 4 N–H and O–H groups in total. The van der Waals surface area contributed by atoms with E-state index in [9.17, 15) is 19.0 Å². The SMILES string of the molecule is CCCCCCC/C=C\C/C=C\C/C=C\CCCCCCCCC(=O)OC(COCCCCCCCCCCCCCCCCCCCCCC)COP(=O)(O)OCC(N)C(=O)O. The number of hydrogen-bond acceptors (Lipinski definition) is 8. The molecular weight excluding hydrogens is 814 g/mol. The molecule has 0 aliphatic carbocycles. The highest BCUT2D eigenvalue weighted by Crippen LogP contribution is 2.43. The lowest BCUT2D eigenvalue weighted by molar-refractivity contribution is -0.154. The van der Waals surface area contributed by atoms with Crippen molar-refractivity contribution in [1.29, 1.82) is 0 Å². The fourth-order valence-corrected chi connectivity index (χ4v) is 8.16. The maximum atomic E-state index is 12.7. The van der Waals surface area contributed by atoms with E-state index >= 15 is 0 Å². The monoisotopic (exact) mass is 912 g/mol. The number of phosphoric acid groups is 1. The summed E-state index contributed by atoms with van der Waals surface area (Å²) < 4.78 is 33.5. The summed E-state index contributed by atoms with van der Waals surface area (Å²) in [5.74, 6) is -1.78. The molecule has 0 aromatic heterocycles. The van der Waals surface area contributed by atoms with Gasteiger partial charge in [-0.2, -0.15) is 0 Å². The van der Waals surface area contributed by atoms with Gasteiger partial charge in [0.05, 0.1) is 19.8 Å². The first kappa shape index (κ1) is 61.2. The second kappa shape index (κ2) is 48.1. The molecule has 11 heteroatoms. The predicted molar refractivity (Wildman–Crippen MR) is 263 cm³/mol. The smallest absolute Gasteiger partial charge is 0.472 e. The van der Waals surface area contributed by atoms with Crippen LogP contribution in [0.15, 0.2) is 36.5 Å². The number of aliphatic carboxylic acids is 1. The maximum Gasteiger partial charge on any atom is 0.472 e. The fourth-order valence-electron chi connectivity index (χ4n) is 7.38. The zero-order valence-corrected chi connectivity index (χ0v) is 41.6. The number of nitrogens with two attached hydrogens (primary N) is 1. The molecule has 0 bridgehead atoms. The number of carboxylic acids is 1. The first-order chi connectivity index (χ1) is 30.7. The minimum absolute atomic E-state index is 0.0148. The lowest BCUT2D eigenvalue weighted by atomic mass is 10.0. The summed E-state index contributed by atoms with van der Waals surface area (Å²) >= 11 is 0. The first-order valence-electron chi connectivity index (χ1n) is 26.0. The van der Waals surface area contributed by atoms with Gasteiger partial charge in [0.1, 0.15) is 12.1 Å². The molecule has 3 unspecified atom stereocenters. The summed E-state index contributed by atoms with van der Waals surface area (Å²) in [6.07, 6.45) is 56.3. The molecule has 0 rings (SSSR count). The first-order valence-corrected chi connectivity index (χ1v) is 27.5. The largest absolute Gasteiger partial charge is 0.480 e. The number of allylic oxidation sites excluding steroid dienone is 6. The normalized spacial score (nSPS) is 14.0. The molecule has 0 aromatic carbocycles. The number of carbonyl (C=O) groups is 2. The summed E-state index contributed by atoms with van der Waals surface area (Å²) in [4.78, 5) is 33.7. The Hall–Kier alpha value is -1.81. The van der Waals surface area contributed by atoms with Gasteiger partial charge in [-0.1, -0.05) is 224 Å². The van der Waals surface area contributed by atoms with Crippen LogP contribution in [0.1, 0.15) is 245 Å². The predicted octanol–water partition coefficient (Wildman–Crippen LogP) is 15.2. The molecule has 0 saturated heterocycles. The Morgan fingerprint density at radius 3 is 1.30 bits per heavy atom. The number of phosphoric ester groups is 1. The van der Waals surface area contributed by atoms with Crippen LogP contribution in [-0.2, 0) is 32.7 Å². The van der Waals surface area contributed by atoms with Crippen LogP contribution in [0.4, 0.5) is 0 Å². The van der Waals surface area contributed by atoms with E-state index in [1.165, 1.54) is 148 Å². The Labute approximate surface area is 387 Å². The molecule has 0 fully saturated rings. The highest BCUT2D eigenvalue weighted by molar-refractivity contribution is 7.47. The van der Waals surface area contributed by atoms with Crippen LogP contribution in [0.25, 0.3) is 0 Å². The van der Waals surface area contributed by atoms with E-state index in [0.29, 0.717) is 13.0 Å². The molecule has 0 amide bonds. The average molecular weight is 912 g/mol. The van der Waals surface area contributed by atoms with Crippen molar-refractivity contribution in [3.8, 4) is 0 Å². The van der Waals surface area contributed by atoms with Gasteiger partial charge in [0, 0.05) is 13.0 Å². The third-order valence-corrected chi connectivity index (χ3v) is 12.4. The van der Waals surface area contributed by atoms with Crippen molar-refractivity contribution in [2.45, 2.75) is 257 Å². The van der Waals surface area contributed by atoms with Crippen molar-refractivity contribution in [2.24, 2.45) is 5.73 Å². The third kappa shape index (κ3) is 48.0. The van der Waals surface area contributed by atoms with E-state index < -0.39 is 45.1 Å². The lowest BCUT2D eigenvalue weighted by Crippen LogP contribution is -2.34. The summed E-state index contributed by atoms with van der Waals surface area (Å²) in [5, 5.41) is 8.93. The van der Waals surface area contributed by atoms with Gasteiger partial charge >= 0.3 is 19.8 Å². The third-order valence-electron chi connectivity index (χ3n) is 11.4. The van der Waals surface area contributed by atoms with E-state index in [4.69, 9.17) is 29.4 Å². The number of carboxylic acid groups (broad SMARTS) is 1. The molecule has 0 aliphatic rings. The molecule has 0 radical (unpaired) electrons. The van der Waals surface area contributed by atoms with Crippen LogP contribution >= 0.6 is 7.82 Å². The average Bonchev–Trinajstić information content (AvgIpc) is 3.26. The van der Waals surface area contributed by atoms with Crippen LogP contribution in [0.2, 0.25) is 0 Å². The Bertz CT molecular complexity index is 1150. The van der Waals surface area contributed by atoms with E-state index in [-0.39, 0.29) is 13.0 Å². The minimum Gasteiger partial charge on any atom is -0.480 e. The number of unbranched alkanes of at least 4 members (excludes halogenated alkanes) is 30. The molecule has 0 spiro atoms. The molecule has 10 nitrogen and oxygen atoms in total. The van der Waals surface area contributed by atoms with Crippen LogP contribution < -0.4 is 5.73 Å². The number of hydrogen-bond donors (Lipinski definition) is 3. The summed E-state index contributed by atoms with van der Waals surface area (Å²) in [6.45, 7) is 3.90. The van der Waals surface area contributed by atoms with Crippen LogP contribution in [0.3, 0.4) is 0 Å². The van der Waals surface area contributed by atoms with Gasteiger partial charge < -0.3 is 25.2 Å². The van der Waals surface area contributed by atoms with E-state index in [2.05, 4.69) is 50.3 Å². The Kier molecular flexibility index (Phi) is 46.7. The van der Waals surface area contributed by atoms with Crippen molar-refractivity contribution in [1.82, 2.24) is 0 Å². The molecule has 370 valence electrons. The topological polar surface area (TPSA) is 155 Å². The number of carbonyl (C=O) groups excluding carboxylic acids is 1. The molecule has 0 saturated carbocycles. The zero-order valence-electron chi connectivity index (χ0n) is 40.7. The molecule has 3 atom stereocenters. The summed E-state index contributed by atoms with van der Waals surface area (Å²) in [7, 11) is -4.62.